The zero-order valence-electron chi connectivity index (χ0n) is 13.2. The van der Waals surface area contributed by atoms with E-state index in [2.05, 4.69) is 4.98 Å². The van der Waals surface area contributed by atoms with Gasteiger partial charge in [-0.1, -0.05) is 12.1 Å². The molecule has 3 rings (SSSR count). The molecule has 0 unspecified atom stereocenters. The molecule has 0 saturated carbocycles. The molecule has 0 aliphatic carbocycles. The Morgan fingerprint density at radius 3 is 2.83 bits per heavy atom. The summed E-state index contributed by atoms with van der Waals surface area (Å²) in [6.45, 7) is 0.297. The Kier molecular flexibility index (Phi) is 4.61. The van der Waals surface area contributed by atoms with Crippen LogP contribution in [0, 0.1) is 0 Å². The third-order valence-electron chi connectivity index (χ3n) is 3.60. The standard InChI is InChI=1S/C17H17N3O3S/c1-20-10-11(16(18)21)9-13(20)17(22)23-8-4-7-15-19-12-5-2-3-6-14(12)24-15/h2-3,5-6,9-10H,4,7-8H2,1H3,(H2,18,21). The zero-order chi connectivity index (χ0) is 17.1. The quantitative estimate of drug-likeness (QED) is 0.550. The first-order chi connectivity index (χ1) is 11.5. The number of nitrogens with zero attached hydrogens (tertiary/aromatic N) is 2. The number of para-hydroxylation sites is 1. The average molecular weight is 343 g/mol. The summed E-state index contributed by atoms with van der Waals surface area (Å²) in [7, 11) is 1.67. The molecule has 6 nitrogen and oxygen atoms in total. The van der Waals surface area contributed by atoms with Crippen molar-refractivity contribution in [3.63, 3.8) is 0 Å². The highest BCUT2D eigenvalue weighted by Gasteiger charge is 2.15. The Bertz CT molecular complexity index is 865. The molecule has 1 amide bonds. The van der Waals surface area contributed by atoms with E-state index < -0.39 is 11.9 Å². The maximum absolute atomic E-state index is 12.0. The second-order valence-corrected chi connectivity index (χ2v) is 6.52. The van der Waals surface area contributed by atoms with Gasteiger partial charge in [0.05, 0.1) is 27.4 Å². The number of amides is 1. The molecular formula is C17H17N3O3S. The number of carbonyl (C=O) groups excluding carboxylic acids is 2. The number of carbonyl (C=O) groups is 2. The summed E-state index contributed by atoms with van der Waals surface area (Å²) < 4.78 is 7.96. The summed E-state index contributed by atoms with van der Waals surface area (Å²) in [6.07, 6.45) is 2.96. The van der Waals surface area contributed by atoms with Gasteiger partial charge < -0.3 is 15.0 Å². The van der Waals surface area contributed by atoms with Gasteiger partial charge in [-0.15, -0.1) is 11.3 Å². The minimum atomic E-state index is -0.569. The first-order valence-electron chi connectivity index (χ1n) is 7.52. The summed E-state index contributed by atoms with van der Waals surface area (Å²) in [4.78, 5) is 27.7. The van der Waals surface area contributed by atoms with Crippen LogP contribution in [0.4, 0.5) is 0 Å². The van der Waals surface area contributed by atoms with Crippen molar-refractivity contribution >= 4 is 33.4 Å². The van der Waals surface area contributed by atoms with E-state index in [4.69, 9.17) is 10.5 Å². The highest BCUT2D eigenvalue weighted by Crippen LogP contribution is 2.22. The number of fused-ring (bicyclic) bond motifs is 1. The topological polar surface area (TPSA) is 87.2 Å². The monoisotopic (exact) mass is 343 g/mol. The van der Waals surface area contributed by atoms with E-state index in [1.807, 2.05) is 24.3 Å². The molecule has 7 heteroatoms. The van der Waals surface area contributed by atoms with Gasteiger partial charge in [-0.05, 0) is 24.6 Å². The number of aryl methyl sites for hydroxylation is 2. The van der Waals surface area contributed by atoms with Crippen molar-refractivity contribution in [1.29, 1.82) is 0 Å². The van der Waals surface area contributed by atoms with Gasteiger partial charge in [-0.3, -0.25) is 4.79 Å². The van der Waals surface area contributed by atoms with Crippen molar-refractivity contribution < 1.29 is 14.3 Å². The number of nitrogens with two attached hydrogens (primary N) is 1. The van der Waals surface area contributed by atoms with E-state index in [9.17, 15) is 9.59 Å². The van der Waals surface area contributed by atoms with Gasteiger partial charge in [0.2, 0.25) is 5.91 Å². The molecule has 0 spiro atoms. The third-order valence-corrected chi connectivity index (χ3v) is 4.70. The lowest BCUT2D eigenvalue weighted by Crippen LogP contribution is -2.11. The van der Waals surface area contributed by atoms with E-state index in [0.29, 0.717) is 24.3 Å². The lowest BCUT2D eigenvalue weighted by Gasteiger charge is -2.04. The summed E-state index contributed by atoms with van der Waals surface area (Å²) in [5.41, 5.74) is 6.80. The highest BCUT2D eigenvalue weighted by molar-refractivity contribution is 7.18. The third kappa shape index (κ3) is 3.46. The molecule has 0 radical (unpaired) electrons. The SMILES string of the molecule is Cn1cc(C(N)=O)cc1C(=O)OCCCc1nc2ccccc2s1. The highest BCUT2D eigenvalue weighted by atomic mass is 32.1. The van der Waals surface area contributed by atoms with Gasteiger partial charge in [0.25, 0.3) is 0 Å². The number of hydrogen-bond acceptors (Lipinski definition) is 5. The van der Waals surface area contributed by atoms with E-state index in [1.165, 1.54) is 16.8 Å². The van der Waals surface area contributed by atoms with Crippen molar-refractivity contribution in [2.45, 2.75) is 12.8 Å². The molecule has 0 fully saturated rings. The van der Waals surface area contributed by atoms with Gasteiger partial charge in [0.1, 0.15) is 5.69 Å². The lowest BCUT2D eigenvalue weighted by atomic mass is 10.3. The Morgan fingerprint density at radius 1 is 1.33 bits per heavy atom. The molecular weight excluding hydrogens is 326 g/mol. The molecule has 2 N–H and O–H groups in total. The van der Waals surface area contributed by atoms with Crippen molar-refractivity contribution in [1.82, 2.24) is 9.55 Å². The van der Waals surface area contributed by atoms with Crippen LogP contribution in [0.5, 0.6) is 0 Å². The number of rotatable bonds is 6. The first kappa shape index (κ1) is 16.2. The Balaban J connectivity index is 1.52. The van der Waals surface area contributed by atoms with E-state index in [0.717, 1.165) is 21.6 Å². The van der Waals surface area contributed by atoms with Gasteiger partial charge >= 0.3 is 5.97 Å². The Morgan fingerprint density at radius 2 is 2.12 bits per heavy atom. The summed E-state index contributed by atoms with van der Waals surface area (Å²) in [5.74, 6) is -1.03. The molecule has 0 bridgehead atoms. The number of aromatic nitrogens is 2. The van der Waals surface area contributed by atoms with Gasteiger partial charge in [0.15, 0.2) is 0 Å². The molecule has 0 aliphatic heterocycles. The normalized spacial score (nSPS) is 10.9. The summed E-state index contributed by atoms with van der Waals surface area (Å²) >= 11 is 1.65. The Labute approximate surface area is 142 Å². The number of thiazole rings is 1. The number of benzene rings is 1. The van der Waals surface area contributed by atoms with Crippen LogP contribution < -0.4 is 5.73 Å². The predicted molar refractivity (Wildman–Crippen MR) is 92.2 cm³/mol. The van der Waals surface area contributed by atoms with E-state index in [-0.39, 0.29) is 0 Å². The molecule has 0 aliphatic rings. The number of primary amides is 1. The minimum absolute atomic E-state index is 0.291. The van der Waals surface area contributed by atoms with Crippen molar-refractivity contribution in [3.05, 3.63) is 52.8 Å². The molecule has 0 saturated heterocycles. The van der Waals surface area contributed by atoms with Crippen LogP contribution in [-0.4, -0.2) is 28.0 Å². The summed E-state index contributed by atoms with van der Waals surface area (Å²) in [5, 5.41) is 1.03. The fourth-order valence-corrected chi connectivity index (χ4v) is 3.40. The fraction of sp³-hybridized carbons (Fsp3) is 0.235. The van der Waals surface area contributed by atoms with Crippen molar-refractivity contribution in [2.24, 2.45) is 12.8 Å². The molecule has 2 heterocycles. The summed E-state index contributed by atoms with van der Waals surface area (Å²) in [6, 6.07) is 9.43. The maximum Gasteiger partial charge on any atom is 0.354 e. The van der Waals surface area contributed by atoms with Crippen molar-refractivity contribution in [2.75, 3.05) is 6.61 Å². The molecule has 1 aromatic carbocycles. The molecule has 24 heavy (non-hydrogen) atoms. The van der Waals surface area contributed by atoms with Crippen LogP contribution in [0.25, 0.3) is 10.2 Å². The molecule has 2 aromatic heterocycles. The van der Waals surface area contributed by atoms with E-state index >= 15 is 0 Å². The molecule has 0 atom stereocenters. The largest absolute Gasteiger partial charge is 0.461 e. The van der Waals surface area contributed by atoms with Crippen molar-refractivity contribution in [3.8, 4) is 0 Å². The zero-order valence-corrected chi connectivity index (χ0v) is 14.0. The number of hydrogen-bond donors (Lipinski definition) is 1. The minimum Gasteiger partial charge on any atom is -0.461 e. The van der Waals surface area contributed by atoms with Gasteiger partial charge in [-0.2, -0.15) is 0 Å². The predicted octanol–water partition coefficient (Wildman–Crippen LogP) is 2.52. The van der Waals surface area contributed by atoms with E-state index in [1.54, 1.807) is 18.4 Å². The van der Waals surface area contributed by atoms with Crippen LogP contribution in [0.2, 0.25) is 0 Å². The second kappa shape index (κ2) is 6.84. The van der Waals surface area contributed by atoms with Crippen LogP contribution in [0.15, 0.2) is 36.5 Å². The maximum atomic E-state index is 12.0. The Hall–Kier alpha value is -2.67. The van der Waals surface area contributed by atoms with Crippen LogP contribution in [0.1, 0.15) is 32.3 Å². The number of ether oxygens (including phenoxy) is 1. The molecule has 3 aromatic rings. The first-order valence-corrected chi connectivity index (χ1v) is 8.34. The van der Waals surface area contributed by atoms with Gasteiger partial charge in [0, 0.05) is 19.7 Å². The van der Waals surface area contributed by atoms with Crippen LogP contribution in [0.3, 0.4) is 0 Å². The lowest BCUT2D eigenvalue weighted by molar-refractivity contribution is 0.0489. The second-order valence-electron chi connectivity index (χ2n) is 5.40. The smallest absolute Gasteiger partial charge is 0.354 e. The van der Waals surface area contributed by atoms with Crippen LogP contribution in [-0.2, 0) is 18.2 Å². The van der Waals surface area contributed by atoms with Crippen LogP contribution >= 0.6 is 11.3 Å². The van der Waals surface area contributed by atoms with Gasteiger partial charge in [-0.25, -0.2) is 9.78 Å². The average Bonchev–Trinajstić information content (AvgIpc) is 3.14. The fourth-order valence-electron chi connectivity index (χ4n) is 2.39. The molecule has 124 valence electrons. The number of esters is 1.